The summed E-state index contributed by atoms with van der Waals surface area (Å²) in [5.74, 6) is 0.347. The summed E-state index contributed by atoms with van der Waals surface area (Å²) in [4.78, 5) is 39.0. The lowest BCUT2D eigenvalue weighted by atomic mass is 9.90. The van der Waals surface area contributed by atoms with Crippen molar-refractivity contribution in [1.82, 2.24) is 24.4 Å². The van der Waals surface area contributed by atoms with E-state index in [4.69, 9.17) is 4.98 Å². The Bertz CT molecular complexity index is 1740. The Kier molecular flexibility index (Phi) is 6.14. The van der Waals surface area contributed by atoms with Crippen LogP contribution in [0.1, 0.15) is 51.7 Å². The summed E-state index contributed by atoms with van der Waals surface area (Å²) in [7, 11) is 1.71. The third-order valence-corrected chi connectivity index (χ3v) is 9.42. The monoisotopic (exact) mass is 571 g/mol. The third kappa shape index (κ3) is 4.39. The van der Waals surface area contributed by atoms with Crippen molar-refractivity contribution >= 4 is 33.9 Å². The fraction of sp³-hybridized carbons (Fsp3) is 0.400. The van der Waals surface area contributed by atoms with Crippen LogP contribution in [-0.4, -0.2) is 43.2 Å². The first kappa shape index (κ1) is 26.1. The van der Waals surface area contributed by atoms with Crippen molar-refractivity contribution in [2.75, 3.05) is 23.3 Å². The Morgan fingerprint density at radius 2 is 2.05 bits per heavy atom. The van der Waals surface area contributed by atoms with Crippen molar-refractivity contribution < 1.29 is 9.90 Å². The number of thiazole rings is 1. The van der Waals surface area contributed by atoms with Gasteiger partial charge in [-0.3, -0.25) is 14.5 Å². The number of fused-ring (bicyclic) bond motifs is 4. The van der Waals surface area contributed by atoms with Crippen LogP contribution in [0.15, 0.2) is 35.4 Å². The first-order chi connectivity index (χ1) is 19.7. The molecule has 0 saturated heterocycles. The van der Waals surface area contributed by atoms with Crippen LogP contribution in [-0.2, 0) is 46.0 Å². The number of aliphatic hydroxyl groups is 1. The summed E-state index contributed by atoms with van der Waals surface area (Å²) in [6, 6.07) is 5.65. The minimum Gasteiger partial charge on any atom is -0.392 e. The van der Waals surface area contributed by atoms with E-state index in [9.17, 15) is 14.7 Å². The van der Waals surface area contributed by atoms with Crippen LogP contribution in [0.2, 0.25) is 0 Å². The number of aliphatic hydroxyl groups excluding tert-OH is 1. The van der Waals surface area contributed by atoms with Gasteiger partial charge in [0.15, 0.2) is 5.13 Å². The molecule has 0 saturated carbocycles. The van der Waals surface area contributed by atoms with Gasteiger partial charge in [0.2, 0.25) is 0 Å². The quantitative estimate of drug-likeness (QED) is 0.336. The molecule has 212 valence electrons. The zero-order valence-electron chi connectivity index (χ0n) is 23.5. The summed E-state index contributed by atoms with van der Waals surface area (Å²) < 4.78 is 3.69. The molecule has 1 amide bonds. The zero-order chi connectivity index (χ0) is 28.5. The van der Waals surface area contributed by atoms with Crippen molar-refractivity contribution in [3.05, 3.63) is 74.0 Å². The third-order valence-electron chi connectivity index (χ3n) is 8.41. The molecule has 41 heavy (non-hydrogen) atoms. The maximum Gasteiger partial charge on any atom is 0.276 e. The normalized spacial score (nSPS) is 17.4. The highest BCUT2D eigenvalue weighted by atomic mass is 32.1. The van der Waals surface area contributed by atoms with Crippen LogP contribution in [0.3, 0.4) is 0 Å². The molecule has 0 unspecified atom stereocenters. The van der Waals surface area contributed by atoms with Gasteiger partial charge in [-0.1, -0.05) is 13.8 Å². The average Bonchev–Trinajstić information content (AvgIpc) is 3.60. The Morgan fingerprint density at radius 3 is 2.85 bits per heavy atom. The first-order valence-electron chi connectivity index (χ1n) is 14.0. The minimum atomic E-state index is -0.300. The predicted octanol–water partition coefficient (Wildman–Crippen LogP) is 3.37. The van der Waals surface area contributed by atoms with Crippen LogP contribution >= 0.6 is 11.3 Å². The van der Waals surface area contributed by atoms with E-state index in [2.05, 4.69) is 34.0 Å². The van der Waals surface area contributed by atoms with Crippen LogP contribution in [0.25, 0.3) is 11.1 Å². The molecular weight excluding hydrogens is 538 g/mol. The van der Waals surface area contributed by atoms with Gasteiger partial charge < -0.3 is 24.9 Å². The van der Waals surface area contributed by atoms with E-state index in [1.165, 1.54) is 20.7 Å². The first-order valence-corrected chi connectivity index (χ1v) is 14.8. The van der Waals surface area contributed by atoms with Crippen LogP contribution in [0, 0.1) is 5.41 Å². The fourth-order valence-corrected chi connectivity index (χ4v) is 7.49. The number of anilines is 3. The molecule has 3 N–H and O–H groups in total. The highest BCUT2D eigenvalue weighted by molar-refractivity contribution is 7.15. The molecule has 4 aromatic rings. The lowest BCUT2D eigenvalue weighted by Crippen LogP contribution is -2.41. The van der Waals surface area contributed by atoms with E-state index in [1.54, 1.807) is 41.7 Å². The van der Waals surface area contributed by atoms with Gasteiger partial charge in [0.05, 0.1) is 12.3 Å². The van der Waals surface area contributed by atoms with Gasteiger partial charge in [0.25, 0.3) is 11.5 Å². The number of amides is 1. The number of aromatic nitrogens is 4. The molecule has 0 fully saturated rings. The standard InChI is InChI=1S/C30H33N7O3S/c1-30(2)12-17-11-23-28(40)37(9-8-36(23)24(17)13-30)26-20(16-38)19(4-7-32-26)18-10-22(27(39)35(3)15-18)34-29-33-21-5-6-31-14-25(21)41-29/h4,7,10-11,15,31,38H,5-6,8-9,12-14,16H2,1-3H3,(H,33,34). The molecule has 0 aromatic carbocycles. The topological polar surface area (TPSA) is 117 Å². The number of rotatable bonds is 5. The molecule has 0 spiro atoms. The molecule has 0 radical (unpaired) electrons. The maximum absolute atomic E-state index is 13.8. The van der Waals surface area contributed by atoms with E-state index < -0.39 is 0 Å². The Labute approximate surface area is 241 Å². The van der Waals surface area contributed by atoms with Gasteiger partial charge in [-0.25, -0.2) is 9.97 Å². The van der Waals surface area contributed by atoms with Gasteiger partial charge in [0, 0.05) is 73.7 Å². The number of pyridine rings is 2. The number of hydrogen-bond acceptors (Lipinski definition) is 8. The van der Waals surface area contributed by atoms with Gasteiger partial charge in [0.1, 0.15) is 17.2 Å². The predicted molar refractivity (Wildman–Crippen MR) is 159 cm³/mol. The molecule has 1 aliphatic carbocycles. The van der Waals surface area contributed by atoms with Crippen LogP contribution in [0.4, 0.5) is 16.6 Å². The van der Waals surface area contributed by atoms with Gasteiger partial charge in [-0.15, -0.1) is 11.3 Å². The van der Waals surface area contributed by atoms with Crippen molar-refractivity contribution in [3.8, 4) is 11.1 Å². The van der Waals surface area contributed by atoms with Crippen molar-refractivity contribution in [3.63, 3.8) is 0 Å². The zero-order valence-corrected chi connectivity index (χ0v) is 24.3. The lowest BCUT2D eigenvalue weighted by molar-refractivity contribution is 0.0962. The summed E-state index contributed by atoms with van der Waals surface area (Å²) in [6.45, 7) is 7.07. The summed E-state index contributed by atoms with van der Waals surface area (Å²) in [5.41, 5.74) is 6.72. The number of aryl methyl sites for hydroxylation is 1. The molecule has 6 heterocycles. The molecule has 4 aromatic heterocycles. The Balaban J connectivity index is 1.24. The van der Waals surface area contributed by atoms with E-state index >= 15 is 0 Å². The second-order valence-electron chi connectivity index (χ2n) is 11.9. The number of nitrogens with one attached hydrogen (secondary N) is 2. The number of carbonyl (C=O) groups excluding carboxylic acids is 1. The van der Waals surface area contributed by atoms with Crippen molar-refractivity contribution in [2.45, 2.75) is 52.8 Å². The maximum atomic E-state index is 13.8. The van der Waals surface area contributed by atoms with Crippen molar-refractivity contribution in [1.29, 1.82) is 0 Å². The van der Waals surface area contributed by atoms with Gasteiger partial charge in [-0.05, 0) is 47.6 Å². The number of nitrogens with zero attached hydrogens (tertiary/aromatic N) is 5. The molecule has 3 aliphatic rings. The second-order valence-corrected chi connectivity index (χ2v) is 13.0. The van der Waals surface area contributed by atoms with Crippen LogP contribution < -0.4 is 21.1 Å². The minimum absolute atomic E-state index is 0.104. The van der Waals surface area contributed by atoms with Crippen molar-refractivity contribution in [2.24, 2.45) is 12.5 Å². The van der Waals surface area contributed by atoms with E-state index in [0.717, 1.165) is 49.2 Å². The molecular formula is C30H33N7O3S. The van der Waals surface area contributed by atoms with Gasteiger partial charge in [-0.2, -0.15) is 0 Å². The largest absolute Gasteiger partial charge is 0.392 e. The second kappa shape index (κ2) is 9.64. The summed E-state index contributed by atoms with van der Waals surface area (Å²) in [5, 5.41) is 17.8. The average molecular weight is 572 g/mol. The molecule has 7 rings (SSSR count). The van der Waals surface area contributed by atoms with Gasteiger partial charge >= 0.3 is 0 Å². The highest BCUT2D eigenvalue weighted by Crippen LogP contribution is 2.40. The number of hydrogen-bond donors (Lipinski definition) is 3. The SMILES string of the molecule is Cn1cc(-c2ccnc(N3CCn4c(cc5c4CC(C)(C)C5)C3=O)c2CO)cc(Nc2nc3c(s2)CNCC3)c1=O. The Hall–Kier alpha value is -3.80. The summed E-state index contributed by atoms with van der Waals surface area (Å²) >= 11 is 1.55. The molecule has 10 nitrogen and oxygen atoms in total. The number of carbonyl (C=O) groups is 1. The summed E-state index contributed by atoms with van der Waals surface area (Å²) in [6.07, 6.45) is 6.21. The fourth-order valence-electron chi connectivity index (χ4n) is 6.50. The van der Waals surface area contributed by atoms with E-state index in [-0.39, 0.29) is 23.5 Å². The lowest BCUT2D eigenvalue weighted by Gasteiger charge is -2.31. The highest BCUT2D eigenvalue weighted by Gasteiger charge is 2.37. The molecule has 0 atom stereocenters. The van der Waals surface area contributed by atoms with E-state index in [0.29, 0.717) is 41.0 Å². The molecule has 2 aliphatic heterocycles. The van der Waals surface area contributed by atoms with Crippen LogP contribution in [0.5, 0.6) is 0 Å². The Morgan fingerprint density at radius 1 is 1.20 bits per heavy atom. The molecule has 11 heteroatoms. The smallest absolute Gasteiger partial charge is 0.276 e. The van der Waals surface area contributed by atoms with E-state index in [1.807, 2.05) is 12.1 Å². The molecule has 0 bridgehead atoms.